The Balaban J connectivity index is 2.28. The maximum absolute atomic E-state index is 13.1. The maximum atomic E-state index is 13.1. The Labute approximate surface area is 158 Å². The molecule has 0 fully saturated rings. The third kappa shape index (κ3) is 3.51. The minimum atomic E-state index is -1.21. The summed E-state index contributed by atoms with van der Waals surface area (Å²) in [6.07, 6.45) is 3.22. The summed E-state index contributed by atoms with van der Waals surface area (Å²) in [5.74, 6) is 0.418. The Bertz CT molecular complexity index is 996. The molecule has 1 atom stereocenters. The van der Waals surface area contributed by atoms with E-state index in [0.29, 0.717) is 22.4 Å². The lowest BCUT2D eigenvalue weighted by atomic mass is 9.79. The molecular weight excluding hydrogens is 338 g/mol. The van der Waals surface area contributed by atoms with Crippen molar-refractivity contribution in [2.75, 3.05) is 12.4 Å². The number of ketones is 1. The number of rotatable bonds is 6. The first-order chi connectivity index (χ1) is 13.1. The van der Waals surface area contributed by atoms with Crippen molar-refractivity contribution in [3.8, 4) is 11.8 Å². The van der Waals surface area contributed by atoms with E-state index >= 15 is 0 Å². The molecule has 0 saturated heterocycles. The Kier molecular flexibility index (Phi) is 5.18. The van der Waals surface area contributed by atoms with Crippen LogP contribution in [0.3, 0.4) is 0 Å². The van der Waals surface area contributed by atoms with E-state index in [1.165, 1.54) is 6.92 Å². The standard InChI is InChI=1S/C22H19N3O2/c1-16(26)22(25-20-9-4-3-5-10-20,18-8-6-7-17(11-18)13-23)19-12-21(27-2)15-24-14-19/h3-12,14-15,25H,1-2H3. The van der Waals surface area contributed by atoms with Crippen molar-refractivity contribution in [1.29, 1.82) is 5.26 Å². The van der Waals surface area contributed by atoms with Gasteiger partial charge in [0, 0.05) is 17.4 Å². The Morgan fingerprint density at radius 2 is 1.85 bits per heavy atom. The van der Waals surface area contributed by atoms with Gasteiger partial charge in [-0.15, -0.1) is 0 Å². The number of hydrogen-bond acceptors (Lipinski definition) is 5. The number of para-hydroxylation sites is 1. The smallest absolute Gasteiger partial charge is 0.164 e. The van der Waals surface area contributed by atoms with Gasteiger partial charge >= 0.3 is 0 Å². The third-order valence-electron chi connectivity index (χ3n) is 4.44. The number of pyridine rings is 1. The lowest BCUT2D eigenvalue weighted by molar-refractivity contribution is -0.120. The van der Waals surface area contributed by atoms with Crippen LogP contribution in [0.25, 0.3) is 0 Å². The van der Waals surface area contributed by atoms with Crippen LogP contribution in [0.5, 0.6) is 5.75 Å². The highest BCUT2D eigenvalue weighted by Gasteiger charge is 2.40. The Morgan fingerprint density at radius 3 is 2.52 bits per heavy atom. The summed E-state index contributed by atoms with van der Waals surface area (Å²) in [7, 11) is 1.55. The van der Waals surface area contributed by atoms with Gasteiger partial charge in [-0.05, 0) is 42.8 Å². The van der Waals surface area contributed by atoms with Crippen LogP contribution in [0.15, 0.2) is 73.1 Å². The lowest BCUT2D eigenvalue weighted by Gasteiger charge is -2.34. The number of hydrogen-bond donors (Lipinski definition) is 1. The molecule has 2 aromatic carbocycles. The number of aromatic nitrogens is 1. The fourth-order valence-corrected chi connectivity index (χ4v) is 3.10. The fraction of sp³-hybridized carbons (Fsp3) is 0.136. The van der Waals surface area contributed by atoms with Gasteiger partial charge in [0.2, 0.25) is 0 Å². The third-order valence-corrected chi connectivity index (χ3v) is 4.44. The van der Waals surface area contributed by atoms with Crippen LogP contribution in [-0.4, -0.2) is 17.9 Å². The van der Waals surface area contributed by atoms with Crippen LogP contribution in [0.1, 0.15) is 23.6 Å². The maximum Gasteiger partial charge on any atom is 0.164 e. The molecule has 0 amide bonds. The molecule has 0 bridgehead atoms. The highest BCUT2D eigenvalue weighted by molar-refractivity contribution is 5.94. The molecule has 1 heterocycles. The average Bonchev–Trinajstić information content (AvgIpc) is 2.72. The molecule has 0 radical (unpaired) electrons. The van der Waals surface area contributed by atoms with Crippen molar-refractivity contribution in [2.24, 2.45) is 0 Å². The van der Waals surface area contributed by atoms with E-state index in [4.69, 9.17) is 4.74 Å². The fourth-order valence-electron chi connectivity index (χ4n) is 3.10. The molecule has 5 heteroatoms. The van der Waals surface area contributed by atoms with E-state index in [9.17, 15) is 10.1 Å². The van der Waals surface area contributed by atoms with Gasteiger partial charge in [-0.2, -0.15) is 5.26 Å². The van der Waals surface area contributed by atoms with Crippen LogP contribution in [0.4, 0.5) is 5.69 Å². The number of carbonyl (C=O) groups excluding carboxylic acids is 1. The van der Waals surface area contributed by atoms with Gasteiger partial charge in [0.1, 0.15) is 11.3 Å². The van der Waals surface area contributed by atoms with Gasteiger partial charge < -0.3 is 10.1 Å². The summed E-state index contributed by atoms with van der Waals surface area (Å²) in [4.78, 5) is 17.3. The van der Waals surface area contributed by atoms with E-state index in [0.717, 1.165) is 5.69 Å². The zero-order valence-electron chi connectivity index (χ0n) is 15.1. The van der Waals surface area contributed by atoms with Crippen molar-refractivity contribution < 1.29 is 9.53 Å². The zero-order valence-corrected chi connectivity index (χ0v) is 15.1. The first-order valence-electron chi connectivity index (χ1n) is 8.44. The van der Waals surface area contributed by atoms with Crippen molar-refractivity contribution >= 4 is 11.5 Å². The second-order valence-corrected chi connectivity index (χ2v) is 6.10. The number of benzene rings is 2. The van der Waals surface area contributed by atoms with Crippen LogP contribution < -0.4 is 10.1 Å². The molecule has 3 rings (SSSR count). The van der Waals surface area contributed by atoms with Crippen LogP contribution in [0.2, 0.25) is 0 Å². The van der Waals surface area contributed by atoms with Crippen LogP contribution >= 0.6 is 0 Å². The quantitative estimate of drug-likeness (QED) is 0.724. The van der Waals surface area contributed by atoms with Gasteiger partial charge in [-0.1, -0.05) is 30.3 Å². The van der Waals surface area contributed by atoms with Crippen LogP contribution in [-0.2, 0) is 10.3 Å². The van der Waals surface area contributed by atoms with E-state index in [1.807, 2.05) is 36.4 Å². The molecule has 0 aliphatic rings. The number of nitrogens with one attached hydrogen (secondary N) is 1. The summed E-state index contributed by atoms with van der Waals surface area (Å²) in [5, 5.41) is 12.7. The lowest BCUT2D eigenvalue weighted by Crippen LogP contribution is -2.43. The molecule has 1 aromatic heterocycles. The second-order valence-electron chi connectivity index (χ2n) is 6.10. The summed E-state index contributed by atoms with van der Waals surface area (Å²) in [5.41, 5.74) is 1.33. The highest BCUT2D eigenvalue weighted by atomic mass is 16.5. The van der Waals surface area contributed by atoms with Gasteiger partial charge in [0.25, 0.3) is 0 Å². The van der Waals surface area contributed by atoms with E-state index in [1.54, 1.807) is 43.8 Å². The molecule has 3 aromatic rings. The monoisotopic (exact) mass is 357 g/mol. The van der Waals surface area contributed by atoms with Crippen molar-refractivity contribution in [2.45, 2.75) is 12.5 Å². The van der Waals surface area contributed by atoms with Crippen molar-refractivity contribution in [3.63, 3.8) is 0 Å². The molecular formula is C22H19N3O2. The van der Waals surface area contributed by atoms with E-state index < -0.39 is 5.54 Å². The van der Waals surface area contributed by atoms with Crippen molar-refractivity contribution in [1.82, 2.24) is 4.98 Å². The average molecular weight is 357 g/mol. The van der Waals surface area contributed by atoms with Gasteiger partial charge in [0.05, 0.1) is 24.9 Å². The number of nitriles is 1. The van der Waals surface area contributed by atoms with E-state index in [2.05, 4.69) is 16.4 Å². The summed E-state index contributed by atoms with van der Waals surface area (Å²) in [6, 6.07) is 20.4. The molecule has 0 aliphatic carbocycles. The summed E-state index contributed by atoms with van der Waals surface area (Å²) < 4.78 is 5.31. The number of methoxy groups -OCH3 is 1. The van der Waals surface area contributed by atoms with Crippen LogP contribution in [0, 0.1) is 11.3 Å². The van der Waals surface area contributed by atoms with Crippen molar-refractivity contribution in [3.05, 3.63) is 89.7 Å². The Hall–Kier alpha value is -3.65. The Morgan fingerprint density at radius 1 is 1.07 bits per heavy atom. The minimum absolute atomic E-state index is 0.128. The number of anilines is 1. The molecule has 0 saturated carbocycles. The molecule has 0 aliphatic heterocycles. The normalized spacial score (nSPS) is 12.5. The molecule has 0 spiro atoms. The largest absolute Gasteiger partial charge is 0.495 e. The predicted molar refractivity (Wildman–Crippen MR) is 103 cm³/mol. The number of ether oxygens (including phenoxy) is 1. The molecule has 5 nitrogen and oxygen atoms in total. The zero-order chi connectivity index (χ0) is 19.3. The van der Waals surface area contributed by atoms with E-state index in [-0.39, 0.29) is 5.78 Å². The number of carbonyl (C=O) groups is 1. The molecule has 1 N–H and O–H groups in total. The minimum Gasteiger partial charge on any atom is -0.495 e. The number of nitrogens with zero attached hydrogens (tertiary/aromatic N) is 2. The molecule has 134 valence electrons. The first kappa shape index (κ1) is 18.2. The summed E-state index contributed by atoms with van der Waals surface area (Å²) in [6.45, 7) is 1.52. The highest BCUT2D eigenvalue weighted by Crippen LogP contribution is 2.36. The molecule has 27 heavy (non-hydrogen) atoms. The van der Waals surface area contributed by atoms with Gasteiger partial charge in [0.15, 0.2) is 5.78 Å². The topological polar surface area (TPSA) is 75.0 Å². The van der Waals surface area contributed by atoms with Gasteiger partial charge in [-0.25, -0.2) is 0 Å². The molecule has 1 unspecified atom stereocenters. The SMILES string of the molecule is COc1cncc(C(Nc2ccccc2)(C(C)=O)c2cccc(C#N)c2)c1. The number of Topliss-reactive ketones (excluding diaryl/α,β-unsaturated/α-hetero) is 1. The second kappa shape index (κ2) is 7.71. The summed E-state index contributed by atoms with van der Waals surface area (Å²) >= 11 is 0. The first-order valence-corrected chi connectivity index (χ1v) is 8.44. The van der Waals surface area contributed by atoms with Gasteiger partial charge in [-0.3, -0.25) is 9.78 Å². The predicted octanol–water partition coefficient (Wildman–Crippen LogP) is 3.91.